The number of halogens is 1. The van der Waals surface area contributed by atoms with Gasteiger partial charge in [0.05, 0.1) is 18.4 Å². The van der Waals surface area contributed by atoms with Crippen LogP contribution in [-0.4, -0.2) is 31.6 Å². The average molecular weight is 410 g/mol. The van der Waals surface area contributed by atoms with E-state index in [1.807, 2.05) is 41.5 Å². The molecule has 2 aromatic heterocycles. The summed E-state index contributed by atoms with van der Waals surface area (Å²) >= 11 is 3.26. The Kier molecular flexibility index (Phi) is 5.51. The summed E-state index contributed by atoms with van der Waals surface area (Å²) in [7, 11) is 0. The molecule has 0 saturated carbocycles. The molecule has 0 bridgehead atoms. The highest BCUT2D eigenvalue weighted by Gasteiger charge is 2.32. The van der Waals surface area contributed by atoms with Crippen LogP contribution >= 0.6 is 15.9 Å². The number of hydrogen-bond acceptors (Lipinski definition) is 5. The summed E-state index contributed by atoms with van der Waals surface area (Å²) in [4.78, 5) is 28.4. The van der Waals surface area contributed by atoms with Gasteiger partial charge in [0, 0.05) is 6.20 Å². The number of nitrogens with zero attached hydrogens (tertiary/aromatic N) is 3. The lowest BCUT2D eigenvalue weighted by atomic mass is 9.86. The van der Waals surface area contributed by atoms with Crippen molar-refractivity contribution in [2.45, 2.75) is 53.2 Å². The molecule has 2 heterocycles. The third-order valence-corrected chi connectivity index (χ3v) is 3.69. The largest absolute Gasteiger partial charge is 0.444 e. The number of amides is 1. The van der Waals surface area contributed by atoms with Gasteiger partial charge in [-0.1, -0.05) is 20.8 Å². The second kappa shape index (κ2) is 7.11. The third-order valence-electron chi connectivity index (χ3n) is 3.28. The first-order valence-corrected chi connectivity index (χ1v) is 8.78. The van der Waals surface area contributed by atoms with Gasteiger partial charge in [0.25, 0.3) is 0 Å². The van der Waals surface area contributed by atoms with Crippen molar-refractivity contribution in [1.29, 1.82) is 0 Å². The zero-order chi connectivity index (χ0) is 18.8. The number of rotatable bonds is 3. The molecular weight excluding hydrogens is 386 g/mol. The van der Waals surface area contributed by atoms with Crippen LogP contribution in [0, 0.1) is 5.41 Å². The van der Waals surface area contributed by atoms with Crippen LogP contribution in [0.5, 0.6) is 0 Å². The van der Waals surface area contributed by atoms with Crippen molar-refractivity contribution in [3.8, 4) is 11.4 Å². The SMILES string of the molecule is CC(C)(C)OC(=O)N[C@H](c1nc(-c2cnc(Br)cn2)c[nH]1)C(C)(C)C. The molecule has 0 spiro atoms. The fourth-order valence-electron chi connectivity index (χ4n) is 2.18. The number of carbonyl (C=O) groups is 1. The number of ether oxygens (including phenoxy) is 1. The zero-order valence-electron chi connectivity index (χ0n) is 15.3. The van der Waals surface area contributed by atoms with Crippen molar-refractivity contribution in [2.24, 2.45) is 5.41 Å². The maximum Gasteiger partial charge on any atom is 0.408 e. The van der Waals surface area contributed by atoms with Crippen molar-refractivity contribution in [3.63, 3.8) is 0 Å². The Labute approximate surface area is 156 Å². The predicted octanol–water partition coefficient (Wildman–Crippen LogP) is 4.24. The third kappa shape index (κ3) is 5.52. The summed E-state index contributed by atoms with van der Waals surface area (Å²) in [6, 6.07) is -0.348. The van der Waals surface area contributed by atoms with Gasteiger partial charge < -0.3 is 15.0 Å². The zero-order valence-corrected chi connectivity index (χ0v) is 16.9. The number of nitrogens with one attached hydrogen (secondary N) is 2. The van der Waals surface area contributed by atoms with Crippen molar-refractivity contribution < 1.29 is 9.53 Å². The van der Waals surface area contributed by atoms with Gasteiger partial charge in [0.1, 0.15) is 27.4 Å². The van der Waals surface area contributed by atoms with Gasteiger partial charge in [0.2, 0.25) is 0 Å². The molecule has 25 heavy (non-hydrogen) atoms. The van der Waals surface area contributed by atoms with E-state index in [1.165, 1.54) is 0 Å². The van der Waals surface area contributed by atoms with Crippen LogP contribution in [0.1, 0.15) is 53.4 Å². The van der Waals surface area contributed by atoms with Crippen LogP contribution in [0.4, 0.5) is 4.79 Å². The highest BCUT2D eigenvalue weighted by atomic mass is 79.9. The molecule has 2 N–H and O–H groups in total. The summed E-state index contributed by atoms with van der Waals surface area (Å²) < 4.78 is 6.03. The Morgan fingerprint density at radius 3 is 2.36 bits per heavy atom. The van der Waals surface area contributed by atoms with E-state index in [-0.39, 0.29) is 11.5 Å². The molecular formula is C17H24BrN5O2. The number of aromatic nitrogens is 4. The van der Waals surface area contributed by atoms with Crippen LogP contribution in [0.2, 0.25) is 0 Å². The van der Waals surface area contributed by atoms with E-state index in [9.17, 15) is 4.79 Å². The van der Waals surface area contributed by atoms with Gasteiger partial charge in [-0.15, -0.1) is 0 Å². The second-order valence-corrected chi connectivity index (χ2v) is 8.65. The number of aromatic amines is 1. The van der Waals surface area contributed by atoms with Gasteiger partial charge in [-0.3, -0.25) is 4.98 Å². The maximum atomic E-state index is 12.2. The van der Waals surface area contributed by atoms with E-state index in [0.717, 1.165) is 0 Å². The average Bonchev–Trinajstić information content (AvgIpc) is 2.91. The molecule has 2 aromatic rings. The summed E-state index contributed by atoms with van der Waals surface area (Å²) in [5, 5.41) is 2.91. The molecule has 0 saturated heterocycles. The molecule has 2 rings (SSSR count). The Hall–Kier alpha value is -1.96. The normalized spacial score (nSPS) is 13.4. The summed E-state index contributed by atoms with van der Waals surface area (Å²) in [5.41, 5.74) is 0.483. The lowest BCUT2D eigenvalue weighted by Gasteiger charge is -2.31. The first-order chi connectivity index (χ1) is 11.5. The van der Waals surface area contributed by atoms with Gasteiger partial charge in [-0.05, 0) is 42.1 Å². The molecule has 0 unspecified atom stereocenters. The number of alkyl carbamates (subject to hydrolysis) is 1. The van der Waals surface area contributed by atoms with Gasteiger partial charge >= 0.3 is 6.09 Å². The highest BCUT2D eigenvalue weighted by Crippen LogP contribution is 2.32. The number of carbonyl (C=O) groups excluding carboxylic acids is 1. The summed E-state index contributed by atoms with van der Waals surface area (Å²) in [6.07, 6.45) is 4.53. The lowest BCUT2D eigenvalue weighted by Crippen LogP contribution is -2.40. The van der Waals surface area contributed by atoms with E-state index in [0.29, 0.717) is 21.8 Å². The molecule has 0 aromatic carbocycles. The van der Waals surface area contributed by atoms with E-state index in [2.05, 4.69) is 41.2 Å². The maximum absolute atomic E-state index is 12.2. The molecule has 136 valence electrons. The topological polar surface area (TPSA) is 92.8 Å². The molecule has 7 nitrogen and oxygen atoms in total. The van der Waals surface area contributed by atoms with Crippen LogP contribution < -0.4 is 5.32 Å². The van der Waals surface area contributed by atoms with E-state index < -0.39 is 11.7 Å². The van der Waals surface area contributed by atoms with Crippen LogP contribution in [0.15, 0.2) is 23.2 Å². The monoisotopic (exact) mass is 409 g/mol. The molecule has 0 aliphatic rings. The fourth-order valence-corrected chi connectivity index (χ4v) is 2.39. The first-order valence-electron chi connectivity index (χ1n) is 7.98. The number of hydrogen-bond donors (Lipinski definition) is 2. The second-order valence-electron chi connectivity index (χ2n) is 7.84. The Balaban J connectivity index is 2.24. The van der Waals surface area contributed by atoms with Gasteiger partial charge in [0.15, 0.2) is 0 Å². The molecule has 1 atom stereocenters. The first kappa shape index (κ1) is 19.4. The number of H-pyrrole nitrogens is 1. The van der Waals surface area contributed by atoms with Gasteiger partial charge in [-0.2, -0.15) is 0 Å². The van der Waals surface area contributed by atoms with Crippen molar-refractivity contribution >= 4 is 22.0 Å². The molecule has 0 aliphatic carbocycles. The predicted molar refractivity (Wildman–Crippen MR) is 98.9 cm³/mol. The van der Waals surface area contributed by atoms with Crippen LogP contribution in [0.3, 0.4) is 0 Å². The summed E-state index contributed by atoms with van der Waals surface area (Å²) in [5.74, 6) is 0.637. The fraction of sp³-hybridized carbons (Fsp3) is 0.529. The molecule has 8 heteroatoms. The van der Waals surface area contributed by atoms with Crippen LogP contribution in [0.25, 0.3) is 11.4 Å². The summed E-state index contributed by atoms with van der Waals surface area (Å²) in [6.45, 7) is 11.6. The lowest BCUT2D eigenvalue weighted by molar-refractivity contribution is 0.0458. The molecule has 0 fully saturated rings. The van der Waals surface area contributed by atoms with E-state index in [1.54, 1.807) is 18.6 Å². The molecule has 0 aliphatic heterocycles. The highest BCUT2D eigenvalue weighted by molar-refractivity contribution is 9.10. The van der Waals surface area contributed by atoms with Crippen molar-refractivity contribution in [1.82, 2.24) is 25.3 Å². The minimum absolute atomic E-state index is 0.266. The number of imidazole rings is 1. The van der Waals surface area contributed by atoms with E-state index in [4.69, 9.17) is 4.74 Å². The quantitative estimate of drug-likeness (QED) is 0.790. The van der Waals surface area contributed by atoms with Crippen molar-refractivity contribution in [2.75, 3.05) is 0 Å². The Morgan fingerprint density at radius 1 is 1.16 bits per heavy atom. The minimum Gasteiger partial charge on any atom is -0.444 e. The molecule has 1 amide bonds. The van der Waals surface area contributed by atoms with Crippen molar-refractivity contribution in [3.05, 3.63) is 29.0 Å². The van der Waals surface area contributed by atoms with Gasteiger partial charge in [-0.25, -0.2) is 14.8 Å². The van der Waals surface area contributed by atoms with Crippen LogP contribution in [-0.2, 0) is 4.74 Å². The smallest absolute Gasteiger partial charge is 0.408 e. The Morgan fingerprint density at radius 2 is 1.84 bits per heavy atom. The molecule has 0 radical (unpaired) electrons. The minimum atomic E-state index is -0.562. The standard InChI is InChI=1S/C17H24BrN5O2/c1-16(2,3)13(23-15(24)25-17(4,5)6)14-21-8-11(22-14)10-7-20-12(18)9-19-10/h7-9,13H,1-6H3,(H,21,22)(H,23,24)/t13-/m1/s1. The Bertz CT molecular complexity index is 729. The van der Waals surface area contributed by atoms with E-state index >= 15 is 0 Å².